The lowest BCUT2D eigenvalue weighted by atomic mass is 10.1. The second-order valence-corrected chi connectivity index (χ2v) is 10.3. The zero-order valence-electron chi connectivity index (χ0n) is 17.6. The highest BCUT2D eigenvalue weighted by Gasteiger charge is 2.20. The van der Waals surface area contributed by atoms with Crippen molar-refractivity contribution in [3.63, 3.8) is 0 Å². The van der Waals surface area contributed by atoms with Crippen LogP contribution in [0.15, 0.2) is 53.4 Å². The first-order valence-electron chi connectivity index (χ1n) is 9.98. The lowest BCUT2D eigenvalue weighted by Crippen LogP contribution is -2.34. The molecule has 4 nitrogen and oxygen atoms in total. The summed E-state index contributed by atoms with van der Waals surface area (Å²) in [5.41, 5.74) is 2.00. The van der Waals surface area contributed by atoms with Crippen molar-refractivity contribution < 1.29 is 4.79 Å². The van der Waals surface area contributed by atoms with E-state index in [-0.39, 0.29) is 5.91 Å². The molecule has 0 aliphatic rings. The van der Waals surface area contributed by atoms with E-state index in [9.17, 15) is 4.79 Å². The number of carbonyl (C=O) groups is 1. The third kappa shape index (κ3) is 6.29. The number of thioether (sulfide) groups is 1. The summed E-state index contributed by atoms with van der Waals surface area (Å²) in [6.07, 6.45) is 1.31. The minimum atomic E-state index is 0.104. The van der Waals surface area contributed by atoms with Gasteiger partial charge in [-0.1, -0.05) is 49.4 Å². The molecule has 1 heterocycles. The van der Waals surface area contributed by atoms with Gasteiger partial charge in [-0.3, -0.25) is 9.69 Å². The largest absolute Gasteiger partial charge is 0.309 e. The summed E-state index contributed by atoms with van der Waals surface area (Å²) >= 11 is 3.43. The summed E-state index contributed by atoms with van der Waals surface area (Å²) in [5.74, 6) is 0.104. The number of rotatable bonds is 9. The third-order valence-corrected chi connectivity index (χ3v) is 6.53. The summed E-state index contributed by atoms with van der Waals surface area (Å²) < 4.78 is 1.11. The Morgan fingerprint density at radius 2 is 1.79 bits per heavy atom. The van der Waals surface area contributed by atoms with Gasteiger partial charge in [0.25, 0.3) is 0 Å². The molecule has 3 aromatic rings. The fourth-order valence-electron chi connectivity index (χ4n) is 3.08. The topological polar surface area (TPSA) is 36.4 Å². The summed E-state index contributed by atoms with van der Waals surface area (Å²) in [6, 6.07) is 16.4. The molecule has 0 bridgehead atoms. The van der Waals surface area contributed by atoms with Gasteiger partial charge in [0.05, 0.1) is 16.6 Å². The molecule has 2 aromatic carbocycles. The first-order chi connectivity index (χ1) is 13.9. The molecule has 0 unspecified atom stereocenters. The zero-order valence-corrected chi connectivity index (χ0v) is 19.2. The van der Waals surface area contributed by atoms with Crippen LogP contribution < -0.4 is 4.90 Å². The predicted octanol–water partition coefficient (Wildman–Crippen LogP) is 5.32. The van der Waals surface area contributed by atoms with Gasteiger partial charge < -0.3 is 4.90 Å². The number of thiazole rings is 1. The molecule has 0 N–H and O–H groups in total. The Hall–Kier alpha value is -1.89. The summed E-state index contributed by atoms with van der Waals surface area (Å²) in [4.78, 5) is 23.2. The molecular formula is C23H29N3OS2. The number of nitrogens with zero attached hydrogens (tertiary/aromatic N) is 3. The maximum atomic E-state index is 13.2. The van der Waals surface area contributed by atoms with E-state index < -0.39 is 0 Å². The van der Waals surface area contributed by atoms with Gasteiger partial charge in [-0.2, -0.15) is 0 Å². The van der Waals surface area contributed by atoms with Gasteiger partial charge in [0.2, 0.25) is 5.91 Å². The molecular weight excluding hydrogens is 398 g/mol. The summed E-state index contributed by atoms with van der Waals surface area (Å²) in [6.45, 7) is 5.99. The summed E-state index contributed by atoms with van der Waals surface area (Å²) in [7, 11) is 4.11. The second-order valence-electron chi connectivity index (χ2n) is 7.65. The van der Waals surface area contributed by atoms with Crippen LogP contribution in [0.2, 0.25) is 0 Å². The van der Waals surface area contributed by atoms with Crippen LogP contribution >= 0.6 is 23.1 Å². The molecule has 0 radical (unpaired) electrons. The van der Waals surface area contributed by atoms with E-state index in [4.69, 9.17) is 4.98 Å². The van der Waals surface area contributed by atoms with Crippen LogP contribution in [-0.4, -0.2) is 48.2 Å². The highest BCUT2D eigenvalue weighted by Crippen LogP contribution is 2.29. The Bertz CT molecular complexity index is 902. The van der Waals surface area contributed by atoms with Gasteiger partial charge >= 0.3 is 0 Å². The van der Waals surface area contributed by atoms with Crippen LogP contribution in [0.5, 0.6) is 0 Å². The molecule has 3 rings (SSSR count). The van der Waals surface area contributed by atoms with Crippen molar-refractivity contribution in [3.05, 3.63) is 54.1 Å². The van der Waals surface area contributed by atoms with Crippen LogP contribution in [0.1, 0.15) is 25.8 Å². The molecule has 0 atom stereocenters. The quantitative estimate of drug-likeness (QED) is 0.433. The van der Waals surface area contributed by atoms with E-state index in [1.54, 1.807) is 11.3 Å². The van der Waals surface area contributed by atoms with E-state index in [2.05, 4.69) is 63.2 Å². The van der Waals surface area contributed by atoms with Crippen molar-refractivity contribution >= 4 is 44.4 Å². The van der Waals surface area contributed by atoms with E-state index >= 15 is 0 Å². The molecule has 6 heteroatoms. The Balaban J connectivity index is 1.76. The first-order valence-corrected chi connectivity index (χ1v) is 11.7. The minimum absolute atomic E-state index is 0.104. The monoisotopic (exact) mass is 427 g/mol. The second kappa shape index (κ2) is 10.2. The van der Waals surface area contributed by atoms with Crippen molar-refractivity contribution in [2.45, 2.75) is 36.8 Å². The Morgan fingerprint density at radius 3 is 2.45 bits per heavy atom. The maximum Gasteiger partial charge on any atom is 0.233 e. The third-order valence-electron chi connectivity index (χ3n) is 4.45. The van der Waals surface area contributed by atoms with Crippen molar-refractivity contribution in [1.82, 2.24) is 9.88 Å². The van der Waals surface area contributed by atoms with Crippen molar-refractivity contribution in [2.75, 3.05) is 32.1 Å². The molecule has 0 fully saturated rings. The van der Waals surface area contributed by atoms with Crippen LogP contribution in [0.4, 0.5) is 5.13 Å². The number of anilines is 1. The fourth-order valence-corrected chi connectivity index (χ4v) is 4.92. The molecule has 1 amide bonds. The van der Waals surface area contributed by atoms with E-state index in [1.165, 1.54) is 4.90 Å². The fraction of sp³-hybridized carbons (Fsp3) is 0.391. The van der Waals surface area contributed by atoms with E-state index in [0.29, 0.717) is 18.2 Å². The number of fused-ring (bicyclic) bond motifs is 1. The van der Waals surface area contributed by atoms with Gasteiger partial charge in [-0.05, 0) is 56.9 Å². The molecule has 0 spiro atoms. The van der Waals surface area contributed by atoms with Crippen molar-refractivity contribution in [3.8, 4) is 0 Å². The Kier molecular flexibility index (Phi) is 7.70. The maximum absolute atomic E-state index is 13.2. The average Bonchev–Trinajstić information content (AvgIpc) is 3.09. The lowest BCUT2D eigenvalue weighted by molar-refractivity contribution is -0.118. The molecule has 0 aliphatic carbocycles. The molecule has 154 valence electrons. The minimum Gasteiger partial charge on any atom is -0.309 e. The molecule has 0 saturated carbocycles. The first kappa shape index (κ1) is 21.8. The average molecular weight is 428 g/mol. The number of amides is 1. The molecule has 0 saturated heterocycles. The van der Waals surface area contributed by atoms with Crippen molar-refractivity contribution in [2.24, 2.45) is 0 Å². The number of carbonyl (C=O) groups excluding carboxylic acids is 1. The van der Waals surface area contributed by atoms with Gasteiger partial charge in [-0.15, -0.1) is 11.8 Å². The molecule has 29 heavy (non-hydrogen) atoms. The SMILES string of the molecule is CC(C)Sc1ccc(CC(=O)N(CCCN(C)C)c2nc3ccccc3s2)cc1. The van der Waals surface area contributed by atoms with Crippen LogP contribution in [0.3, 0.4) is 0 Å². The van der Waals surface area contributed by atoms with Crippen LogP contribution in [0, 0.1) is 0 Å². The summed E-state index contributed by atoms with van der Waals surface area (Å²) in [5, 5.41) is 1.34. The predicted molar refractivity (Wildman–Crippen MR) is 126 cm³/mol. The van der Waals surface area contributed by atoms with E-state index in [0.717, 1.165) is 33.9 Å². The highest BCUT2D eigenvalue weighted by molar-refractivity contribution is 7.99. The molecule has 0 aliphatic heterocycles. The Morgan fingerprint density at radius 1 is 1.07 bits per heavy atom. The van der Waals surface area contributed by atoms with E-state index in [1.807, 2.05) is 34.9 Å². The Labute approximate surface area is 181 Å². The van der Waals surface area contributed by atoms with Gasteiger partial charge in [0.15, 0.2) is 5.13 Å². The zero-order chi connectivity index (χ0) is 20.8. The lowest BCUT2D eigenvalue weighted by Gasteiger charge is -2.21. The van der Waals surface area contributed by atoms with Crippen LogP contribution in [-0.2, 0) is 11.2 Å². The number of hydrogen-bond acceptors (Lipinski definition) is 5. The van der Waals surface area contributed by atoms with Crippen LogP contribution in [0.25, 0.3) is 10.2 Å². The highest BCUT2D eigenvalue weighted by atomic mass is 32.2. The number of aromatic nitrogens is 1. The number of benzene rings is 2. The van der Waals surface area contributed by atoms with Gasteiger partial charge in [0, 0.05) is 16.7 Å². The number of hydrogen-bond donors (Lipinski definition) is 0. The number of para-hydroxylation sites is 1. The smallest absolute Gasteiger partial charge is 0.233 e. The van der Waals surface area contributed by atoms with Crippen molar-refractivity contribution in [1.29, 1.82) is 0 Å². The van der Waals surface area contributed by atoms with Gasteiger partial charge in [-0.25, -0.2) is 4.98 Å². The molecule has 1 aromatic heterocycles. The normalized spacial score (nSPS) is 11.5. The van der Waals surface area contributed by atoms with Gasteiger partial charge in [0.1, 0.15) is 0 Å². The standard InChI is InChI=1S/C23H29N3OS2/c1-17(2)28-19-12-10-18(11-13-19)16-22(27)26(15-7-14-25(3)4)23-24-20-8-5-6-9-21(20)29-23/h5-6,8-13,17H,7,14-16H2,1-4H3.